The van der Waals surface area contributed by atoms with E-state index in [2.05, 4.69) is 60.9 Å². The summed E-state index contributed by atoms with van der Waals surface area (Å²) in [7, 11) is -3.69. The first kappa shape index (κ1) is 74.9. The predicted octanol–water partition coefficient (Wildman–Crippen LogP) is 12.7. The lowest BCUT2D eigenvalue weighted by molar-refractivity contribution is -0.0959. The number of aromatic amines is 1. The lowest BCUT2D eigenvalue weighted by Crippen LogP contribution is -2.38. The van der Waals surface area contributed by atoms with Crippen LogP contribution in [0, 0.1) is 29.6 Å². The molecule has 5 heterocycles. The summed E-state index contributed by atoms with van der Waals surface area (Å²) in [6.45, 7) is 8.65. The third-order valence-corrected chi connectivity index (χ3v) is 22.0. The van der Waals surface area contributed by atoms with Crippen LogP contribution in [0.4, 0.5) is 10.6 Å². The molecule has 2 unspecified atom stereocenters. The van der Waals surface area contributed by atoms with E-state index in [0.29, 0.717) is 33.8 Å². The molecule has 8 atom stereocenters. The second-order valence-corrected chi connectivity index (χ2v) is 28.7. The number of carbonyl (C=O) groups is 2. The van der Waals surface area contributed by atoms with Gasteiger partial charge < -0.3 is 48.1 Å². The second-order valence-electron chi connectivity index (χ2n) is 25.7. The van der Waals surface area contributed by atoms with Gasteiger partial charge in [0.1, 0.15) is 60.8 Å². The number of ether oxygens (including phenoxy) is 6. The number of H-pyrrole nitrogens is 1. The number of fused-ring (bicyclic) bond motifs is 4. The number of aryl methyl sites for hydroxylation is 1. The molecule has 0 bridgehead atoms. The van der Waals surface area contributed by atoms with Crippen LogP contribution >= 0.6 is 16.3 Å². The zero-order valence-corrected chi connectivity index (χ0v) is 60.7. The molecule has 0 saturated carbocycles. The number of nitrogens with one attached hydrogen (secondary N) is 3. The Labute approximate surface area is 607 Å². The zero-order valence-electron chi connectivity index (χ0n) is 58.9. The van der Waals surface area contributed by atoms with Gasteiger partial charge in [-0.2, -0.15) is 10.5 Å². The lowest BCUT2D eigenvalue weighted by atomic mass is 9.80. The summed E-state index contributed by atoms with van der Waals surface area (Å²) in [4.78, 5) is 69.5. The molecule has 105 heavy (non-hydrogen) atoms. The molecule has 3 aliphatic rings. The molecule has 0 spiro atoms. The zero-order chi connectivity index (χ0) is 73.8. The molecule has 12 rings (SSSR count). The van der Waals surface area contributed by atoms with Gasteiger partial charge in [-0.3, -0.25) is 37.3 Å². The number of phosphoric acid groups is 1. The van der Waals surface area contributed by atoms with Crippen LogP contribution in [0.1, 0.15) is 121 Å². The number of rotatable bonds is 32. The van der Waals surface area contributed by atoms with Crippen molar-refractivity contribution in [1.29, 1.82) is 10.5 Å². The SMILES string of the molecule is COc1ccc(C(OC[C@H]2O[C@@H](n3cc(C)c(=O)[nH]c3=O)C[C@H]2OP(=O)(OCCC#N)OC[C@H]2O[C@@H](n3cnc4c(NC(=O)c5ccc(CNC(=O)OCC6c7ccccc7-c7ccccc76)cc5)ncnc43)C[C@H]2OP(OCCC#N)N(C(C)C)C(C)C)(c2ccccc2)c2ccc(OC)cc2)cc1. The Kier molecular flexibility index (Phi) is 24.2. The number of amides is 2. The fourth-order valence-corrected chi connectivity index (χ4v) is 16.5. The highest BCUT2D eigenvalue weighted by atomic mass is 31.2. The normalized spacial score (nSPS) is 18.7. The highest BCUT2D eigenvalue weighted by Gasteiger charge is 2.49. The molecule has 1 aliphatic carbocycles. The van der Waals surface area contributed by atoms with Crippen molar-refractivity contribution in [3.05, 3.63) is 236 Å². The van der Waals surface area contributed by atoms with Gasteiger partial charge in [0.25, 0.3) is 20.0 Å². The molecule has 9 aromatic rings. The predicted molar refractivity (Wildman–Crippen MR) is 388 cm³/mol. The summed E-state index contributed by atoms with van der Waals surface area (Å²) < 4.78 is 91.0. The van der Waals surface area contributed by atoms with E-state index >= 15 is 4.57 Å². The number of alkyl carbamates (subject to hydrolysis) is 1. The number of hydrogen-bond acceptors (Lipinski definition) is 22. The van der Waals surface area contributed by atoms with Crippen LogP contribution in [0.3, 0.4) is 0 Å². The molecule has 2 fully saturated rings. The second kappa shape index (κ2) is 34.0. The van der Waals surface area contributed by atoms with Gasteiger partial charge in [-0.25, -0.2) is 33.8 Å². The largest absolute Gasteiger partial charge is 0.497 e. The van der Waals surface area contributed by atoms with Gasteiger partial charge >= 0.3 is 19.6 Å². The Bertz CT molecular complexity index is 4660. The maximum absolute atomic E-state index is 15.8. The number of hydrogen-bond donors (Lipinski definition) is 3. The maximum Gasteiger partial charge on any atom is 0.475 e. The topological polar surface area (TPSA) is 326 Å². The van der Waals surface area contributed by atoms with E-state index in [1.54, 1.807) is 50.0 Å². The third-order valence-electron chi connectivity index (χ3n) is 18.4. The van der Waals surface area contributed by atoms with Gasteiger partial charge in [0, 0.05) is 54.7 Å². The Morgan fingerprint density at radius 1 is 0.714 bits per heavy atom. The molecule has 6 aromatic carbocycles. The number of nitriles is 2. The van der Waals surface area contributed by atoms with Crippen molar-refractivity contribution in [2.24, 2.45) is 0 Å². The van der Waals surface area contributed by atoms with Crippen LogP contribution in [0.25, 0.3) is 22.3 Å². The van der Waals surface area contributed by atoms with Crippen molar-refractivity contribution in [3.63, 3.8) is 0 Å². The summed E-state index contributed by atoms with van der Waals surface area (Å²) in [5, 5.41) is 25.1. The van der Waals surface area contributed by atoms with Gasteiger partial charge in [-0.1, -0.05) is 115 Å². The Hall–Kier alpha value is -9.83. The lowest BCUT2D eigenvalue weighted by Gasteiger charge is -2.37. The van der Waals surface area contributed by atoms with Crippen molar-refractivity contribution < 1.29 is 65.2 Å². The fourth-order valence-electron chi connectivity index (χ4n) is 13.3. The smallest absolute Gasteiger partial charge is 0.475 e. The standard InChI is InChI=1S/C76H81N11O16P2/c1-48(2)87(49(3)4)104(97-37-15-35-77)102-63-39-68(86-47-82-69-70(80-46-81-71(69)86)83-73(89)52-25-23-51(24-26-52)41-79-75(91)95-43-62-60-21-13-11-19-58(60)59-20-12-14-22-61(59)62)101-66(63)45-99-105(92,98-38-16-36-78)103-64-40-67(85-42-50(5)72(88)84-74(85)90)100-65(64)44-96-76(53-17-9-8-10-18-53,54-27-31-56(93-6)32-28-54)55-29-33-57(94-7)34-30-55/h8-14,17-34,42,46-49,62-68H,15-16,37-41,43-45H2,1-7H3,(H,79,91)(H,84,88,90)(H,80,81,83,89)/t63-,64-,65-,66-,67-,68-,104?,105?/m1/s1. The first-order chi connectivity index (χ1) is 50.9. The minimum atomic E-state index is -4.89. The molecule has 2 saturated heterocycles. The first-order valence-corrected chi connectivity index (χ1v) is 37.0. The Balaban J connectivity index is 0.797. The van der Waals surface area contributed by atoms with Crippen molar-refractivity contribution in [3.8, 4) is 34.8 Å². The number of carbonyl (C=O) groups excluding carboxylic acids is 2. The van der Waals surface area contributed by atoms with Crippen LogP contribution in [-0.4, -0.2) is 129 Å². The van der Waals surface area contributed by atoms with E-state index in [0.717, 1.165) is 27.8 Å². The summed E-state index contributed by atoms with van der Waals surface area (Å²) in [6, 6.07) is 51.2. The van der Waals surface area contributed by atoms with Crippen molar-refractivity contribution in [2.45, 2.75) is 127 Å². The molecule has 2 amide bonds. The van der Waals surface area contributed by atoms with Gasteiger partial charge in [0.15, 0.2) is 17.0 Å². The molecule has 0 radical (unpaired) electrons. The highest BCUT2D eigenvalue weighted by molar-refractivity contribution is 7.48. The Morgan fingerprint density at radius 3 is 1.93 bits per heavy atom. The van der Waals surface area contributed by atoms with Gasteiger partial charge in [0.2, 0.25) is 0 Å². The van der Waals surface area contributed by atoms with E-state index in [1.807, 2.05) is 142 Å². The number of methoxy groups -OCH3 is 2. The van der Waals surface area contributed by atoms with E-state index in [1.165, 1.54) is 23.4 Å². The number of nitrogens with zero attached hydrogens (tertiary/aromatic N) is 8. The molecule has 3 N–H and O–H groups in total. The van der Waals surface area contributed by atoms with Crippen molar-refractivity contribution in [2.75, 3.05) is 52.6 Å². The molecule has 2 aliphatic heterocycles. The van der Waals surface area contributed by atoms with Crippen molar-refractivity contribution >= 4 is 45.3 Å². The molecule has 29 heteroatoms. The number of aromatic nitrogens is 6. The Morgan fingerprint density at radius 2 is 1.30 bits per heavy atom. The van der Waals surface area contributed by atoms with Crippen LogP contribution in [0.15, 0.2) is 180 Å². The van der Waals surface area contributed by atoms with E-state index in [-0.39, 0.29) is 92.6 Å². The molecule has 3 aromatic heterocycles. The van der Waals surface area contributed by atoms with Crippen LogP contribution < -0.4 is 31.4 Å². The highest BCUT2D eigenvalue weighted by Crippen LogP contribution is 2.56. The number of imidazole rings is 1. The minimum absolute atomic E-state index is 0.0431. The monoisotopic (exact) mass is 1470 g/mol. The van der Waals surface area contributed by atoms with E-state index < -0.39 is 95.3 Å². The quantitative estimate of drug-likeness (QED) is 0.0200. The number of benzene rings is 6. The molecular formula is C76H81N11O16P2. The first-order valence-electron chi connectivity index (χ1n) is 34.4. The van der Waals surface area contributed by atoms with Crippen molar-refractivity contribution in [1.82, 2.24) is 39.1 Å². The summed E-state index contributed by atoms with van der Waals surface area (Å²) in [6.07, 6.45) is -3.15. The molecule has 27 nitrogen and oxygen atoms in total. The maximum atomic E-state index is 15.8. The van der Waals surface area contributed by atoms with E-state index in [9.17, 15) is 29.7 Å². The van der Waals surface area contributed by atoms with E-state index in [4.69, 9.17) is 51.0 Å². The minimum Gasteiger partial charge on any atom is -0.497 e. The van der Waals surface area contributed by atoms with Gasteiger partial charge in [-0.15, -0.1) is 0 Å². The summed E-state index contributed by atoms with van der Waals surface area (Å²) in [5.41, 5.74) is 5.50. The molecular weight excluding hydrogens is 1380 g/mol. The third kappa shape index (κ3) is 17.0. The molecule has 546 valence electrons. The fraction of sp³-hybridized carbons (Fsp3) is 0.355. The van der Waals surface area contributed by atoms with Crippen LogP contribution in [-0.2, 0) is 58.3 Å². The van der Waals surface area contributed by atoms with Gasteiger partial charge in [-0.05, 0) is 116 Å². The van der Waals surface area contributed by atoms with Crippen LogP contribution in [0.5, 0.6) is 11.5 Å². The van der Waals surface area contributed by atoms with Crippen LogP contribution in [0.2, 0.25) is 0 Å². The summed E-state index contributed by atoms with van der Waals surface area (Å²) >= 11 is 0. The van der Waals surface area contributed by atoms with Gasteiger partial charge in [0.05, 0.1) is 78.1 Å². The number of anilines is 1. The average molecular weight is 1470 g/mol. The number of phosphoric ester groups is 1. The summed E-state index contributed by atoms with van der Waals surface area (Å²) in [5.74, 6) is 0.688. The average Bonchev–Trinajstić information content (AvgIpc) is 0.824.